The van der Waals surface area contributed by atoms with Crippen LogP contribution in [0.1, 0.15) is 17.6 Å². The topological polar surface area (TPSA) is 76.3 Å². The zero-order valence-corrected chi connectivity index (χ0v) is 7.15. The Morgan fingerprint density at radius 2 is 2.20 bits per heavy atom. The van der Waals surface area contributed by atoms with Crippen LogP contribution in [-0.2, 0) is 6.61 Å². The van der Waals surface area contributed by atoms with Crippen LogP contribution in [-0.4, -0.2) is 15.0 Å². The average Bonchev–Trinajstić information content (AvgIpc) is 2.16. The maximum absolute atomic E-state index is 12.8. The van der Waals surface area contributed by atoms with Crippen LogP contribution in [0.4, 0.5) is 18.9 Å². The lowest BCUT2D eigenvalue weighted by Gasteiger charge is -2.06. The monoisotopic (exact) mass is 222 g/mol. The van der Waals surface area contributed by atoms with Crippen molar-refractivity contribution in [1.82, 2.24) is 4.98 Å². The quantitative estimate of drug-likeness (QED) is 0.478. The highest BCUT2D eigenvalue weighted by Gasteiger charge is 2.28. The number of aromatic nitrogens is 1. The molecule has 0 amide bonds. The summed E-state index contributed by atoms with van der Waals surface area (Å²) in [5.74, 6) is -1.33. The predicted octanol–water partition coefficient (Wildman–Crippen LogP) is 1.56. The molecule has 0 spiro atoms. The molecule has 0 radical (unpaired) electrons. The van der Waals surface area contributed by atoms with Gasteiger partial charge in [0, 0.05) is 5.56 Å². The summed E-state index contributed by atoms with van der Waals surface area (Å²) in [5, 5.41) is 19.0. The number of aliphatic hydroxyl groups excluding tert-OH is 1. The van der Waals surface area contributed by atoms with Crippen LogP contribution in [0.2, 0.25) is 0 Å². The van der Waals surface area contributed by atoms with E-state index in [1.807, 2.05) is 0 Å². The van der Waals surface area contributed by atoms with Crippen molar-refractivity contribution in [3.05, 3.63) is 33.4 Å². The summed E-state index contributed by atoms with van der Waals surface area (Å²) in [4.78, 5) is 12.1. The molecule has 82 valence electrons. The number of aliphatic hydroxyl groups is 1. The van der Waals surface area contributed by atoms with Crippen LogP contribution < -0.4 is 0 Å². The molecule has 1 aromatic rings. The van der Waals surface area contributed by atoms with Gasteiger partial charge in [0.1, 0.15) is 11.8 Å². The summed E-state index contributed by atoms with van der Waals surface area (Å²) in [6.07, 6.45) is -2.85. The van der Waals surface area contributed by atoms with Gasteiger partial charge in [-0.1, -0.05) is 0 Å². The van der Waals surface area contributed by atoms with E-state index in [1.54, 1.807) is 0 Å². The molecule has 5 nitrogen and oxygen atoms in total. The Labute approximate surface area is 81.3 Å². The zero-order valence-electron chi connectivity index (χ0n) is 7.15. The molecule has 8 heteroatoms. The first kappa shape index (κ1) is 11.4. The molecule has 0 aliphatic heterocycles. The van der Waals surface area contributed by atoms with Gasteiger partial charge in [-0.3, -0.25) is 10.1 Å². The maximum Gasteiger partial charge on any atom is 0.297 e. The summed E-state index contributed by atoms with van der Waals surface area (Å²) in [6.45, 7) is -1.07. The lowest BCUT2D eigenvalue weighted by Crippen LogP contribution is -2.06. The normalized spacial score (nSPS) is 10.7. The van der Waals surface area contributed by atoms with E-state index < -0.39 is 40.7 Å². The summed E-state index contributed by atoms with van der Waals surface area (Å²) < 4.78 is 37.6. The van der Waals surface area contributed by atoms with Gasteiger partial charge in [0.15, 0.2) is 0 Å². The molecular formula is C7H5F3N2O3. The number of hydrogen-bond acceptors (Lipinski definition) is 4. The minimum atomic E-state index is -3.25. The molecule has 0 saturated heterocycles. The molecule has 0 aromatic carbocycles. The number of alkyl halides is 2. The van der Waals surface area contributed by atoms with Crippen molar-refractivity contribution in [2.24, 2.45) is 0 Å². The fourth-order valence-electron chi connectivity index (χ4n) is 1.07. The van der Waals surface area contributed by atoms with Crippen LogP contribution in [0.5, 0.6) is 0 Å². The lowest BCUT2D eigenvalue weighted by molar-refractivity contribution is -0.386. The van der Waals surface area contributed by atoms with Crippen molar-refractivity contribution < 1.29 is 23.2 Å². The minimum absolute atomic E-state index is 0.399. The minimum Gasteiger partial charge on any atom is -0.391 e. The van der Waals surface area contributed by atoms with Gasteiger partial charge in [0.25, 0.3) is 12.1 Å². The van der Waals surface area contributed by atoms with Crippen LogP contribution >= 0.6 is 0 Å². The van der Waals surface area contributed by atoms with E-state index in [0.717, 1.165) is 0 Å². The van der Waals surface area contributed by atoms with Gasteiger partial charge < -0.3 is 5.11 Å². The number of nitro groups is 1. The first-order valence-corrected chi connectivity index (χ1v) is 3.69. The van der Waals surface area contributed by atoms with Gasteiger partial charge in [-0.2, -0.15) is 4.39 Å². The smallest absolute Gasteiger partial charge is 0.297 e. The third kappa shape index (κ3) is 2.04. The van der Waals surface area contributed by atoms with Gasteiger partial charge in [0.2, 0.25) is 5.95 Å². The summed E-state index contributed by atoms with van der Waals surface area (Å²) in [6, 6.07) is 0. The highest BCUT2D eigenvalue weighted by atomic mass is 19.3. The molecule has 1 N–H and O–H groups in total. The Kier molecular flexibility index (Phi) is 3.20. The Bertz CT molecular complexity index is 397. The van der Waals surface area contributed by atoms with E-state index in [1.165, 1.54) is 0 Å². The Morgan fingerprint density at radius 3 is 2.60 bits per heavy atom. The molecular weight excluding hydrogens is 217 g/mol. The summed E-state index contributed by atoms with van der Waals surface area (Å²) in [7, 11) is 0. The van der Waals surface area contributed by atoms with Gasteiger partial charge in [0.05, 0.1) is 11.5 Å². The first-order valence-electron chi connectivity index (χ1n) is 3.69. The lowest BCUT2D eigenvalue weighted by atomic mass is 10.1. The van der Waals surface area contributed by atoms with Crippen LogP contribution in [0.15, 0.2) is 6.20 Å². The van der Waals surface area contributed by atoms with Gasteiger partial charge in [-0.25, -0.2) is 13.8 Å². The fraction of sp³-hybridized carbons (Fsp3) is 0.286. The average molecular weight is 222 g/mol. The van der Waals surface area contributed by atoms with Crippen molar-refractivity contribution in [3.8, 4) is 0 Å². The number of hydrogen-bond donors (Lipinski definition) is 1. The van der Waals surface area contributed by atoms with Crippen molar-refractivity contribution >= 4 is 5.69 Å². The molecule has 0 aliphatic rings. The third-order valence-corrected chi connectivity index (χ3v) is 1.72. The molecule has 1 heterocycles. The van der Waals surface area contributed by atoms with E-state index in [4.69, 9.17) is 5.11 Å². The third-order valence-electron chi connectivity index (χ3n) is 1.72. The van der Waals surface area contributed by atoms with E-state index in [-0.39, 0.29) is 0 Å². The van der Waals surface area contributed by atoms with Crippen LogP contribution in [0, 0.1) is 16.1 Å². The molecule has 0 saturated carbocycles. The molecule has 0 atom stereocenters. The van der Waals surface area contributed by atoms with E-state index in [0.29, 0.717) is 6.20 Å². The van der Waals surface area contributed by atoms with Crippen LogP contribution in [0.3, 0.4) is 0 Å². The van der Waals surface area contributed by atoms with Gasteiger partial charge >= 0.3 is 0 Å². The zero-order chi connectivity index (χ0) is 11.6. The van der Waals surface area contributed by atoms with E-state index in [9.17, 15) is 23.3 Å². The maximum atomic E-state index is 12.8. The second kappa shape index (κ2) is 4.22. The van der Waals surface area contributed by atoms with Crippen molar-refractivity contribution in [3.63, 3.8) is 0 Å². The van der Waals surface area contributed by atoms with Crippen molar-refractivity contribution in [2.45, 2.75) is 13.0 Å². The molecule has 1 rings (SSSR count). The largest absolute Gasteiger partial charge is 0.391 e. The first-order chi connectivity index (χ1) is 6.99. The Balaban J connectivity index is 3.49. The Morgan fingerprint density at radius 1 is 1.60 bits per heavy atom. The van der Waals surface area contributed by atoms with E-state index in [2.05, 4.69) is 4.98 Å². The van der Waals surface area contributed by atoms with Crippen molar-refractivity contribution in [2.75, 3.05) is 0 Å². The number of rotatable bonds is 3. The number of pyridine rings is 1. The summed E-state index contributed by atoms with van der Waals surface area (Å²) >= 11 is 0. The number of halogens is 3. The second-order valence-electron chi connectivity index (χ2n) is 2.54. The van der Waals surface area contributed by atoms with Gasteiger partial charge in [-0.15, -0.1) is 0 Å². The molecule has 0 bridgehead atoms. The Hall–Kier alpha value is -1.70. The molecule has 0 unspecified atom stereocenters. The molecule has 0 fully saturated rings. The highest BCUT2D eigenvalue weighted by molar-refractivity contribution is 5.43. The second-order valence-corrected chi connectivity index (χ2v) is 2.54. The van der Waals surface area contributed by atoms with Gasteiger partial charge in [-0.05, 0) is 0 Å². The molecule has 0 aliphatic carbocycles. The predicted molar refractivity (Wildman–Crippen MR) is 41.7 cm³/mol. The SMILES string of the molecule is O=[N+]([O-])c1cnc(F)c(CO)c1C(F)F. The summed E-state index contributed by atoms with van der Waals surface area (Å²) in [5.41, 5.74) is -2.98. The van der Waals surface area contributed by atoms with E-state index >= 15 is 0 Å². The molecule has 1 aromatic heterocycles. The highest BCUT2D eigenvalue weighted by Crippen LogP contribution is 2.32. The fourth-order valence-corrected chi connectivity index (χ4v) is 1.07. The van der Waals surface area contributed by atoms with Crippen molar-refractivity contribution in [1.29, 1.82) is 0 Å². The molecule has 15 heavy (non-hydrogen) atoms. The van der Waals surface area contributed by atoms with Crippen LogP contribution in [0.25, 0.3) is 0 Å². The number of nitrogens with zero attached hydrogens (tertiary/aromatic N) is 2. The standard InChI is InChI=1S/C7H5F3N2O3/c8-6(9)5-3(2-13)7(10)11-1-4(5)12(14)15/h1,6,13H,2H2.